The Bertz CT molecular complexity index is 887. The van der Waals surface area contributed by atoms with Crippen LogP contribution in [0.2, 0.25) is 0 Å². The molecule has 2 saturated heterocycles. The summed E-state index contributed by atoms with van der Waals surface area (Å²) >= 11 is 0. The Morgan fingerprint density at radius 3 is 2.72 bits per heavy atom. The summed E-state index contributed by atoms with van der Waals surface area (Å²) in [4.78, 5) is 41.8. The second-order valence-electron chi connectivity index (χ2n) is 9.67. The van der Waals surface area contributed by atoms with Gasteiger partial charge in [0.15, 0.2) is 0 Å². The van der Waals surface area contributed by atoms with Gasteiger partial charge < -0.3 is 14.4 Å². The number of para-hydroxylation sites is 1. The molecule has 3 aliphatic rings. The normalized spacial score (nSPS) is 30.6. The molecule has 2 aliphatic heterocycles. The van der Waals surface area contributed by atoms with Crippen LogP contribution in [0.1, 0.15) is 49.9 Å². The van der Waals surface area contributed by atoms with Crippen molar-refractivity contribution < 1.29 is 23.9 Å². The number of likely N-dealkylation sites (tertiary alicyclic amines) is 1. The highest BCUT2D eigenvalue weighted by atomic mass is 16.5. The lowest BCUT2D eigenvalue weighted by molar-refractivity contribution is -0.122. The molecule has 32 heavy (non-hydrogen) atoms. The van der Waals surface area contributed by atoms with E-state index in [0.29, 0.717) is 30.7 Å². The Balaban J connectivity index is 1.56. The Hall–Kier alpha value is -2.25. The van der Waals surface area contributed by atoms with Gasteiger partial charge in [0.1, 0.15) is 0 Å². The highest BCUT2D eigenvalue weighted by Gasteiger charge is 2.51. The number of carbonyl (C=O) groups excluding carboxylic acids is 3. The minimum absolute atomic E-state index is 0.133. The predicted octanol–water partition coefficient (Wildman–Crippen LogP) is 3.13. The molecule has 1 saturated carbocycles. The summed E-state index contributed by atoms with van der Waals surface area (Å²) in [5, 5.41) is 0. The first-order chi connectivity index (χ1) is 15.4. The van der Waals surface area contributed by atoms with E-state index in [1.807, 2.05) is 0 Å². The summed E-state index contributed by atoms with van der Waals surface area (Å²) in [6, 6.07) is 6.74. The molecule has 7 heteroatoms. The van der Waals surface area contributed by atoms with Crippen molar-refractivity contribution in [3.8, 4) is 0 Å². The number of rotatable bonds is 7. The lowest BCUT2D eigenvalue weighted by Crippen LogP contribution is -2.58. The second-order valence-corrected chi connectivity index (χ2v) is 9.67. The SMILES string of the molecule is CCN1C[C@H]2CCC[C@@](COC(=O)c3ccccc3N3C(=O)CC(C)C3=O)(C1)C2COC. The van der Waals surface area contributed by atoms with E-state index in [-0.39, 0.29) is 35.1 Å². The van der Waals surface area contributed by atoms with Crippen molar-refractivity contribution in [2.24, 2.45) is 23.2 Å². The molecule has 2 unspecified atom stereocenters. The van der Waals surface area contributed by atoms with E-state index in [9.17, 15) is 14.4 Å². The van der Waals surface area contributed by atoms with Gasteiger partial charge in [0.05, 0.1) is 24.5 Å². The number of anilines is 1. The van der Waals surface area contributed by atoms with Crippen LogP contribution in [0.25, 0.3) is 0 Å². The summed E-state index contributed by atoms with van der Waals surface area (Å²) in [6.07, 6.45) is 3.48. The van der Waals surface area contributed by atoms with Crippen molar-refractivity contribution in [3.63, 3.8) is 0 Å². The highest BCUT2D eigenvalue weighted by Crippen LogP contribution is 2.49. The van der Waals surface area contributed by atoms with Crippen molar-refractivity contribution in [2.75, 3.05) is 44.9 Å². The standard InChI is InChI=1S/C25H34N2O5/c1-4-26-13-18-8-7-11-25(15-26,20(18)14-31-3)16-32-24(30)19-9-5-6-10-21(19)27-22(28)12-17(2)23(27)29/h5-6,9-10,17-18,20H,4,7-8,11-16H2,1-3H3/t17?,18-,20?,25+/m1/s1. The molecule has 0 aromatic heterocycles. The molecular formula is C25H34N2O5. The third-order valence-electron chi connectivity index (χ3n) is 7.66. The van der Waals surface area contributed by atoms with E-state index in [0.717, 1.165) is 37.4 Å². The Morgan fingerprint density at radius 1 is 1.25 bits per heavy atom. The summed E-state index contributed by atoms with van der Waals surface area (Å²) < 4.78 is 11.5. The number of methoxy groups -OCH3 is 1. The molecule has 2 heterocycles. The predicted molar refractivity (Wildman–Crippen MR) is 120 cm³/mol. The van der Waals surface area contributed by atoms with Crippen molar-refractivity contribution in [1.82, 2.24) is 4.90 Å². The molecule has 1 aliphatic carbocycles. The molecule has 2 amide bonds. The zero-order chi connectivity index (χ0) is 22.9. The number of hydrogen-bond donors (Lipinski definition) is 0. The summed E-state index contributed by atoms with van der Waals surface area (Å²) in [5.41, 5.74) is 0.452. The molecule has 4 rings (SSSR count). The van der Waals surface area contributed by atoms with E-state index < -0.39 is 5.97 Å². The van der Waals surface area contributed by atoms with E-state index in [2.05, 4.69) is 11.8 Å². The fourth-order valence-corrected chi connectivity index (χ4v) is 5.98. The van der Waals surface area contributed by atoms with Crippen LogP contribution in [0, 0.1) is 23.2 Å². The zero-order valence-electron chi connectivity index (χ0n) is 19.3. The van der Waals surface area contributed by atoms with E-state index in [1.54, 1.807) is 38.3 Å². The van der Waals surface area contributed by atoms with Gasteiger partial charge in [-0.1, -0.05) is 32.4 Å². The van der Waals surface area contributed by atoms with Crippen LogP contribution in [0.3, 0.4) is 0 Å². The number of nitrogens with zero attached hydrogens (tertiary/aromatic N) is 2. The van der Waals surface area contributed by atoms with Crippen LogP contribution in [-0.2, 0) is 19.1 Å². The number of benzene rings is 1. The number of fused-ring (bicyclic) bond motifs is 2. The third kappa shape index (κ3) is 4.08. The number of esters is 1. The van der Waals surface area contributed by atoms with Gasteiger partial charge in [-0.05, 0) is 43.4 Å². The first-order valence-electron chi connectivity index (χ1n) is 11.7. The van der Waals surface area contributed by atoms with Gasteiger partial charge in [-0.15, -0.1) is 0 Å². The maximum Gasteiger partial charge on any atom is 0.340 e. The molecule has 7 nitrogen and oxygen atoms in total. The van der Waals surface area contributed by atoms with Crippen molar-refractivity contribution in [2.45, 2.75) is 39.5 Å². The van der Waals surface area contributed by atoms with E-state index in [4.69, 9.17) is 9.47 Å². The first-order valence-corrected chi connectivity index (χ1v) is 11.7. The minimum Gasteiger partial charge on any atom is -0.461 e. The maximum absolute atomic E-state index is 13.2. The van der Waals surface area contributed by atoms with Gasteiger partial charge in [-0.25, -0.2) is 9.69 Å². The number of piperidine rings is 1. The summed E-state index contributed by atoms with van der Waals surface area (Å²) in [6.45, 7) is 7.84. The molecule has 2 bridgehead atoms. The van der Waals surface area contributed by atoms with E-state index >= 15 is 0 Å². The van der Waals surface area contributed by atoms with Gasteiger partial charge in [0.2, 0.25) is 11.8 Å². The van der Waals surface area contributed by atoms with Crippen molar-refractivity contribution in [3.05, 3.63) is 29.8 Å². The zero-order valence-corrected chi connectivity index (χ0v) is 19.3. The molecule has 1 aromatic carbocycles. The molecule has 4 atom stereocenters. The smallest absolute Gasteiger partial charge is 0.340 e. The Labute approximate surface area is 190 Å². The molecule has 0 spiro atoms. The van der Waals surface area contributed by atoms with Crippen LogP contribution in [0.4, 0.5) is 5.69 Å². The topological polar surface area (TPSA) is 76.2 Å². The van der Waals surface area contributed by atoms with Crippen LogP contribution in [-0.4, -0.2) is 62.6 Å². The van der Waals surface area contributed by atoms with Gasteiger partial charge in [0, 0.05) is 38.0 Å². The second kappa shape index (κ2) is 9.32. The quantitative estimate of drug-likeness (QED) is 0.477. The summed E-state index contributed by atoms with van der Waals surface area (Å²) in [5.74, 6) is -0.499. The van der Waals surface area contributed by atoms with Crippen LogP contribution in [0.5, 0.6) is 0 Å². The molecule has 0 N–H and O–H groups in total. The Morgan fingerprint density at radius 2 is 2.03 bits per heavy atom. The number of amides is 2. The minimum atomic E-state index is -0.484. The molecule has 0 radical (unpaired) electrons. The van der Waals surface area contributed by atoms with Gasteiger partial charge in [0.25, 0.3) is 0 Å². The highest BCUT2D eigenvalue weighted by molar-refractivity contribution is 6.22. The fraction of sp³-hybridized carbons (Fsp3) is 0.640. The van der Waals surface area contributed by atoms with Gasteiger partial charge >= 0.3 is 5.97 Å². The number of imide groups is 1. The molecular weight excluding hydrogens is 408 g/mol. The lowest BCUT2D eigenvalue weighted by Gasteiger charge is -2.54. The van der Waals surface area contributed by atoms with Crippen LogP contribution >= 0.6 is 0 Å². The first kappa shape index (κ1) is 22.9. The summed E-state index contributed by atoms with van der Waals surface area (Å²) in [7, 11) is 1.74. The van der Waals surface area contributed by atoms with Crippen molar-refractivity contribution in [1.29, 1.82) is 0 Å². The number of ether oxygens (including phenoxy) is 2. The van der Waals surface area contributed by atoms with Crippen molar-refractivity contribution >= 4 is 23.5 Å². The number of carbonyl (C=O) groups is 3. The largest absolute Gasteiger partial charge is 0.461 e. The number of hydrogen-bond acceptors (Lipinski definition) is 6. The van der Waals surface area contributed by atoms with Crippen LogP contribution < -0.4 is 4.90 Å². The average Bonchev–Trinajstić information content (AvgIpc) is 3.03. The molecule has 174 valence electrons. The average molecular weight is 443 g/mol. The molecule has 1 aromatic rings. The van der Waals surface area contributed by atoms with E-state index in [1.165, 1.54) is 6.42 Å². The van der Waals surface area contributed by atoms with Crippen LogP contribution in [0.15, 0.2) is 24.3 Å². The van der Waals surface area contributed by atoms with Gasteiger partial charge in [-0.2, -0.15) is 0 Å². The van der Waals surface area contributed by atoms with Gasteiger partial charge in [-0.3, -0.25) is 9.59 Å². The Kier molecular flexibility index (Phi) is 6.67. The fourth-order valence-electron chi connectivity index (χ4n) is 5.98. The lowest BCUT2D eigenvalue weighted by atomic mass is 9.59. The maximum atomic E-state index is 13.2. The molecule has 3 fully saturated rings. The third-order valence-corrected chi connectivity index (χ3v) is 7.66. The monoisotopic (exact) mass is 442 g/mol.